The molecule has 1 atom stereocenters. The molecule has 142 valence electrons. The Morgan fingerprint density at radius 2 is 2.07 bits per heavy atom. The van der Waals surface area contributed by atoms with Crippen LogP contribution in [0.15, 0.2) is 28.4 Å². The summed E-state index contributed by atoms with van der Waals surface area (Å²) in [6.07, 6.45) is 5.03. The van der Waals surface area contributed by atoms with Gasteiger partial charge < -0.3 is 0 Å². The van der Waals surface area contributed by atoms with Crippen molar-refractivity contribution in [3.8, 4) is 6.07 Å². The summed E-state index contributed by atoms with van der Waals surface area (Å²) in [6, 6.07) is 6.99. The molecule has 1 aromatic carbocycles. The maximum atomic E-state index is 12.9. The summed E-state index contributed by atoms with van der Waals surface area (Å²) >= 11 is 1.31. The van der Waals surface area contributed by atoms with Gasteiger partial charge in [0.15, 0.2) is 11.7 Å². The average Bonchev–Trinajstić information content (AvgIpc) is 3.09. The van der Waals surface area contributed by atoms with Crippen LogP contribution in [0.25, 0.3) is 10.9 Å². The van der Waals surface area contributed by atoms with Crippen LogP contribution >= 0.6 is 11.3 Å². The normalized spacial score (nSPS) is 15.3. The van der Waals surface area contributed by atoms with Crippen molar-refractivity contribution < 1.29 is 4.79 Å². The van der Waals surface area contributed by atoms with Gasteiger partial charge in [0.25, 0.3) is 5.56 Å². The molecule has 1 aliphatic heterocycles. The van der Waals surface area contributed by atoms with E-state index in [1.807, 2.05) is 12.3 Å². The highest BCUT2D eigenvalue weighted by atomic mass is 32.1. The number of rotatable bonds is 3. The van der Waals surface area contributed by atoms with Gasteiger partial charge in [-0.15, -0.1) is 11.3 Å². The first-order valence-corrected chi connectivity index (χ1v) is 10.4. The van der Waals surface area contributed by atoms with Crippen LogP contribution in [-0.4, -0.2) is 20.3 Å². The number of thiazole rings is 1. The number of carbonyl (C=O) groups is 1. The lowest BCUT2D eigenvalue weighted by Crippen LogP contribution is -2.26. The summed E-state index contributed by atoms with van der Waals surface area (Å²) in [5.74, 6) is -0.469. The summed E-state index contributed by atoms with van der Waals surface area (Å²) in [7, 11) is 0. The van der Waals surface area contributed by atoms with E-state index >= 15 is 0 Å². The van der Waals surface area contributed by atoms with Gasteiger partial charge in [-0.3, -0.25) is 14.2 Å². The van der Waals surface area contributed by atoms with Crippen LogP contribution in [0, 0.1) is 18.3 Å². The van der Waals surface area contributed by atoms with Gasteiger partial charge in [-0.25, -0.2) is 9.97 Å². The SMILES string of the molecule is Cc1csc(C(C#N)C(=O)c2ccc3c(=O)n4c(nc3c2)CCCCCC4)n1. The minimum absolute atomic E-state index is 0.0479. The van der Waals surface area contributed by atoms with Gasteiger partial charge in [-0.05, 0) is 31.9 Å². The second kappa shape index (κ2) is 7.64. The standard InChI is InChI=1S/C21H20N4O2S/c1-13-12-28-20(23-13)16(11-22)19(26)14-7-8-15-17(10-14)24-18-6-4-2-3-5-9-25(18)21(15)27/h7-8,10,12,16H,2-6,9H2,1H3. The van der Waals surface area contributed by atoms with Gasteiger partial charge in [0.05, 0.1) is 17.0 Å². The van der Waals surface area contributed by atoms with E-state index in [9.17, 15) is 14.9 Å². The molecule has 7 heteroatoms. The van der Waals surface area contributed by atoms with Crippen molar-refractivity contribution >= 4 is 28.0 Å². The highest BCUT2D eigenvalue weighted by Gasteiger charge is 2.25. The van der Waals surface area contributed by atoms with Crippen molar-refractivity contribution in [3.05, 3.63) is 56.0 Å². The molecule has 0 amide bonds. The Kier molecular flexibility index (Phi) is 5.05. The fraction of sp³-hybridized carbons (Fsp3) is 0.381. The third kappa shape index (κ3) is 3.36. The predicted octanol–water partition coefficient (Wildman–Crippen LogP) is 3.77. The molecule has 0 bridgehead atoms. The van der Waals surface area contributed by atoms with E-state index in [-0.39, 0.29) is 11.3 Å². The van der Waals surface area contributed by atoms with Crippen molar-refractivity contribution in [2.45, 2.75) is 51.5 Å². The van der Waals surface area contributed by atoms with Gasteiger partial charge in [0, 0.05) is 29.6 Å². The average molecular weight is 392 g/mol. The Morgan fingerprint density at radius 3 is 2.82 bits per heavy atom. The van der Waals surface area contributed by atoms with Crippen LogP contribution in [-0.2, 0) is 13.0 Å². The van der Waals surface area contributed by atoms with Gasteiger partial charge in [-0.2, -0.15) is 5.26 Å². The molecule has 0 N–H and O–H groups in total. The van der Waals surface area contributed by atoms with Crippen molar-refractivity contribution in [1.82, 2.24) is 14.5 Å². The molecule has 0 aliphatic carbocycles. The van der Waals surface area contributed by atoms with Crippen LogP contribution in [0.2, 0.25) is 0 Å². The van der Waals surface area contributed by atoms with Crippen molar-refractivity contribution in [1.29, 1.82) is 5.26 Å². The van der Waals surface area contributed by atoms with Crippen molar-refractivity contribution in [2.75, 3.05) is 0 Å². The van der Waals surface area contributed by atoms with Gasteiger partial charge in [0.1, 0.15) is 10.8 Å². The van der Waals surface area contributed by atoms with Crippen LogP contribution in [0.5, 0.6) is 0 Å². The first kappa shape index (κ1) is 18.5. The van der Waals surface area contributed by atoms with Crippen LogP contribution in [0.1, 0.15) is 58.5 Å². The van der Waals surface area contributed by atoms with E-state index in [1.54, 1.807) is 22.8 Å². The summed E-state index contributed by atoms with van der Waals surface area (Å²) in [5, 5.41) is 12.4. The zero-order chi connectivity index (χ0) is 19.7. The zero-order valence-electron chi connectivity index (χ0n) is 15.6. The lowest BCUT2D eigenvalue weighted by molar-refractivity contribution is 0.0979. The number of Topliss-reactive ketones (excluding diaryl/α,β-unsaturated/α-hetero) is 1. The minimum Gasteiger partial charge on any atom is -0.296 e. The summed E-state index contributed by atoms with van der Waals surface area (Å²) < 4.78 is 1.78. The third-order valence-electron chi connectivity index (χ3n) is 5.13. The molecule has 28 heavy (non-hydrogen) atoms. The molecule has 4 rings (SSSR count). The zero-order valence-corrected chi connectivity index (χ0v) is 16.5. The minimum atomic E-state index is -0.943. The van der Waals surface area contributed by atoms with Gasteiger partial charge in [-0.1, -0.05) is 18.9 Å². The molecule has 0 fully saturated rings. The number of hydrogen-bond acceptors (Lipinski definition) is 6. The predicted molar refractivity (Wildman–Crippen MR) is 108 cm³/mol. The number of fused-ring (bicyclic) bond motifs is 2. The number of nitriles is 1. The highest BCUT2D eigenvalue weighted by molar-refractivity contribution is 7.10. The molecule has 3 aromatic rings. The van der Waals surface area contributed by atoms with E-state index < -0.39 is 5.92 Å². The number of ketones is 1. The second-order valence-corrected chi connectivity index (χ2v) is 8.02. The third-order valence-corrected chi connectivity index (χ3v) is 6.15. The Bertz CT molecular complexity index is 1160. The molecule has 0 saturated carbocycles. The first-order valence-electron chi connectivity index (χ1n) is 9.48. The molecule has 1 aliphatic rings. The van der Waals surface area contributed by atoms with Crippen LogP contribution < -0.4 is 5.56 Å². The summed E-state index contributed by atoms with van der Waals surface area (Å²) in [5.41, 5.74) is 1.65. The Labute approximate surface area is 166 Å². The number of aromatic nitrogens is 3. The van der Waals surface area contributed by atoms with Crippen LogP contribution in [0.3, 0.4) is 0 Å². The molecule has 2 aromatic heterocycles. The Balaban J connectivity index is 1.77. The van der Waals surface area contributed by atoms with E-state index in [4.69, 9.17) is 4.98 Å². The maximum absolute atomic E-state index is 12.9. The van der Waals surface area contributed by atoms with Gasteiger partial charge >= 0.3 is 0 Å². The molecule has 0 radical (unpaired) electrons. The number of aryl methyl sites for hydroxylation is 2. The summed E-state index contributed by atoms with van der Waals surface area (Å²) in [6.45, 7) is 2.53. The van der Waals surface area contributed by atoms with Crippen molar-refractivity contribution in [3.63, 3.8) is 0 Å². The topological polar surface area (TPSA) is 88.6 Å². The van der Waals surface area contributed by atoms with E-state index in [0.717, 1.165) is 43.6 Å². The van der Waals surface area contributed by atoms with Gasteiger partial charge in [0.2, 0.25) is 0 Å². The van der Waals surface area contributed by atoms with E-state index in [0.29, 0.717) is 28.0 Å². The van der Waals surface area contributed by atoms with E-state index in [1.165, 1.54) is 11.3 Å². The molecule has 3 heterocycles. The first-order chi connectivity index (χ1) is 13.6. The largest absolute Gasteiger partial charge is 0.296 e. The lowest BCUT2D eigenvalue weighted by atomic mass is 9.98. The Morgan fingerprint density at radius 1 is 1.25 bits per heavy atom. The summed E-state index contributed by atoms with van der Waals surface area (Å²) in [4.78, 5) is 34.8. The number of benzene rings is 1. The monoisotopic (exact) mass is 392 g/mol. The lowest BCUT2D eigenvalue weighted by Gasteiger charge is -2.16. The highest BCUT2D eigenvalue weighted by Crippen LogP contribution is 2.25. The fourth-order valence-corrected chi connectivity index (χ4v) is 4.48. The van der Waals surface area contributed by atoms with Crippen molar-refractivity contribution in [2.24, 2.45) is 0 Å². The molecule has 1 unspecified atom stereocenters. The van der Waals surface area contributed by atoms with Crippen LogP contribution in [0.4, 0.5) is 0 Å². The molecular weight excluding hydrogens is 372 g/mol. The maximum Gasteiger partial charge on any atom is 0.261 e. The smallest absolute Gasteiger partial charge is 0.261 e. The molecule has 6 nitrogen and oxygen atoms in total. The van der Waals surface area contributed by atoms with E-state index in [2.05, 4.69) is 11.1 Å². The molecule has 0 spiro atoms. The molecule has 0 saturated heterocycles. The fourth-order valence-electron chi connectivity index (χ4n) is 3.65. The second-order valence-electron chi connectivity index (χ2n) is 7.13. The Hall–Kier alpha value is -2.85. The molecular formula is C21H20N4O2S. The number of carbonyl (C=O) groups excluding carboxylic acids is 1. The quantitative estimate of drug-likeness (QED) is 0.633. The number of hydrogen-bond donors (Lipinski definition) is 0. The number of nitrogens with zero attached hydrogens (tertiary/aromatic N) is 4.